The summed E-state index contributed by atoms with van der Waals surface area (Å²) in [5.74, 6) is -0.314. The molecular weight excluding hydrogens is 332 g/mol. The fraction of sp³-hybridized carbons (Fsp3) is 0.462. The molecule has 0 radical (unpaired) electrons. The molecule has 1 atom stereocenters. The van der Waals surface area contributed by atoms with Gasteiger partial charge in [-0.05, 0) is 25.1 Å². The summed E-state index contributed by atoms with van der Waals surface area (Å²) in [5.41, 5.74) is 0. The third-order valence-electron chi connectivity index (χ3n) is 2.75. The number of ether oxygens (including phenoxy) is 2. The highest BCUT2D eigenvalue weighted by Crippen LogP contribution is 2.26. The van der Waals surface area contributed by atoms with E-state index in [1.807, 2.05) is 0 Å². The van der Waals surface area contributed by atoms with Crippen LogP contribution in [0.3, 0.4) is 0 Å². The lowest BCUT2D eigenvalue weighted by molar-refractivity contribution is -0.122. The van der Waals surface area contributed by atoms with Gasteiger partial charge in [0.05, 0.1) is 19.8 Å². The predicted molar refractivity (Wildman–Crippen MR) is 82.7 cm³/mol. The topological polar surface area (TPSA) is 93.7 Å². The Morgan fingerprint density at radius 1 is 1.36 bits per heavy atom. The zero-order valence-electron chi connectivity index (χ0n) is 12.6. The van der Waals surface area contributed by atoms with E-state index >= 15 is 0 Å². The Labute approximate surface area is 135 Å². The van der Waals surface area contributed by atoms with E-state index in [-0.39, 0.29) is 15.7 Å². The summed E-state index contributed by atoms with van der Waals surface area (Å²) in [6, 6.07) is 3.27. The van der Waals surface area contributed by atoms with Crippen LogP contribution in [-0.4, -0.2) is 47.7 Å². The van der Waals surface area contributed by atoms with Crippen LogP contribution in [0.5, 0.6) is 5.75 Å². The first-order chi connectivity index (χ1) is 10.3. The first-order valence-electron chi connectivity index (χ1n) is 6.44. The molecule has 1 rings (SSSR count). The van der Waals surface area contributed by atoms with Gasteiger partial charge in [-0.25, -0.2) is 8.42 Å². The van der Waals surface area contributed by atoms with E-state index in [2.05, 4.69) is 10.0 Å². The first-order valence-corrected chi connectivity index (χ1v) is 8.30. The minimum atomic E-state index is -3.95. The van der Waals surface area contributed by atoms with E-state index in [4.69, 9.17) is 21.1 Å². The van der Waals surface area contributed by atoms with E-state index < -0.39 is 22.0 Å². The van der Waals surface area contributed by atoms with E-state index in [9.17, 15) is 13.2 Å². The maximum atomic E-state index is 12.4. The Morgan fingerprint density at radius 2 is 2.05 bits per heavy atom. The monoisotopic (exact) mass is 350 g/mol. The lowest BCUT2D eigenvalue weighted by atomic mass is 10.3. The van der Waals surface area contributed by atoms with Crippen molar-refractivity contribution in [1.82, 2.24) is 10.0 Å². The molecule has 9 heteroatoms. The molecule has 0 bridgehead atoms. The minimum absolute atomic E-state index is 0.126. The number of halogens is 1. The third-order valence-corrected chi connectivity index (χ3v) is 4.54. The van der Waals surface area contributed by atoms with Gasteiger partial charge < -0.3 is 14.8 Å². The molecule has 1 aromatic rings. The lowest BCUT2D eigenvalue weighted by Crippen LogP contribution is -2.45. The molecule has 124 valence electrons. The summed E-state index contributed by atoms with van der Waals surface area (Å²) in [4.78, 5) is 11.7. The van der Waals surface area contributed by atoms with Crippen LogP contribution in [0.25, 0.3) is 0 Å². The zero-order chi connectivity index (χ0) is 16.8. The van der Waals surface area contributed by atoms with Crippen molar-refractivity contribution in [3.63, 3.8) is 0 Å². The van der Waals surface area contributed by atoms with Gasteiger partial charge in [0.1, 0.15) is 10.6 Å². The Hall–Kier alpha value is -1.35. The van der Waals surface area contributed by atoms with Crippen LogP contribution in [0.1, 0.15) is 6.92 Å². The molecule has 0 spiro atoms. The number of carbonyl (C=O) groups excluding carboxylic acids is 1. The van der Waals surface area contributed by atoms with Gasteiger partial charge in [-0.2, -0.15) is 4.72 Å². The zero-order valence-corrected chi connectivity index (χ0v) is 14.1. The Kier molecular flexibility index (Phi) is 7.08. The number of sulfonamides is 1. The number of rotatable bonds is 8. The number of amides is 1. The smallest absolute Gasteiger partial charge is 0.245 e. The molecule has 22 heavy (non-hydrogen) atoms. The molecule has 0 unspecified atom stereocenters. The molecule has 1 aromatic carbocycles. The van der Waals surface area contributed by atoms with Gasteiger partial charge in [0.15, 0.2) is 0 Å². The molecule has 2 N–H and O–H groups in total. The van der Waals surface area contributed by atoms with Crippen molar-refractivity contribution in [3.8, 4) is 5.75 Å². The van der Waals surface area contributed by atoms with Gasteiger partial charge in [-0.15, -0.1) is 0 Å². The quantitative estimate of drug-likeness (QED) is 0.676. The molecule has 0 saturated heterocycles. The van der Waals surface area contributed by atoms with Crippen molar-refractivity contribution in [2.75, 3.05) is 27.4 Å². The summed E-state index contributed by atoms with van der Waals surface area (Å²) >= 11 is 5.82. The molecule has 0 aliphatic heterocycles. The van der Waals surface area contributed by atoms with Gasteiger partial charge in [0.25, 0.3) is 0 Å². The SMILES string of the molecule is COCCNC(=O)[C@@H](C)NS(=O)(=O)c1cc(Cl)ccc1OC. The number of nitrogens with one attached hydrogen (secondary N) is 2. The summed E-state index contributed by atoms with van der Waals surface area (Å²) in [6.45, 7) is 2.08. The number of hydrogen-bond donors (Lipinski definition) is 2. The Morgan fingerprint density at radius 3 is 2.64 bits per heavy atom. The summed E-state index contributed by atoms with van der Waals surface area (Å²) in [6.07, 6.45) is 0. The van der Waals surface area contributed by atoms with Crippen LogP contribution in [0.2, 0.25) is 5.02 Å². The van der Waals surface area contributed by atoms with Gasteiger partial charge in [0, 0.05) is 18.7 Å². The van der Waals surface area contributed by atoms with E-state index in [1.54, 1.807) is 0 Å². The predicted octanol–water partition coefficient (Wildman–Crippen LogP) is 0.778. The van der Waals surface area contributed by atoms with E-state index in [0.29, 0.717) is 13.2 Å². The molecule has 0 aliphatic carbocycles. The van der Waals surface area contributed by atoms with Crippen LogP contribution in [-0.2, 0) is 19.6 Å². The highest BCUT2D eigenvalue weighted by atomic mass is 35.5. The maximum Gasteiger partial charge on any atom is 0.245 e. The average Bonchev–Trinajstić information content (AvgIpc) is 2.46. The second-order valence-electron chi connectivity index (χ2n) is 4.42. The van der Waals surface area contributed by atoms with Crippen LogP contribution < -0.4 is 14.8 Å². The van der Waals surface area contributed by atoms with Gasteiger partial charge in [0.2, 0.25) is 15.9 Å². The first kappa shape index (κ1) is 18.7. The van der Waals surface area contributed by atoms with Crippen LogP contribution in [0.4, 0.5) is 0 Å². The molecule has 0 heterocycles. The highest BCUT2D eigenvalue weighted by Gasteiger charge is 2.25. The van der Waals surface area contributed by atoms with Crippen LogP contribution in [0.15, 0.2) is 23.1 Å². The molecule has 7 nitrogen and oxygen atoms in total. The maximum absolute atomic E-state index is 12.4. The van der Waals surface area contributed by atoms with Crippen LogP contribution >= 0.6 is 11.6 Å². The van der Waals surface area contributed by atoms with E-state index in [0.717, 1.165) is 0 Å². The second kappa shape index (κ2) is 8.33. The van der Waals surface area contributed by atoms with Crippen LogP contribution in [0, 0.1) is 0 Å². The highest BCUT2D eigenvalue weighted by molar-refractivity contribution is 7.89. The van der Waals surface area contributed by atoms with E-state index in [1.165, 1.54) is 39.3 Å². The van der Waals surface area contributed by atoms with Crippen molar-refractivity contribution in [1.29, 1.82) is 0 Å². The number of hydrogen-bond acceptors (Lipinski definition) is 5. The normalized spacial score (nSPS) is 12.7. The van der Waals surface area contributed by atoms with Gasteiger partial charge in [-0.3, -0.25) is 4.79 Å². The standard InChI is InChI=1S/C13H19ClN2O5S/c1-9(13(17)15-6-7-20-2)16-22(18,19)12-8-10(14)4-5-11(12)21-3/h4-5,8-9,16H,6-7H2,1-3H3,(H,15,17)/t9-/m1/s1. The average molecular weight is 351 g/mol. The summed E-state index contributed by atoms with van der Waals surface area (Å²) < 4.78 is 36.8. The van der Waals surface area contributed by atoms with Crippen molar-refractivity contribution >= 4 is 27.5 Å². The molecule has 0 aromatic heterocycles. The molecule has 0 fully saturated rings. The fourth-order valence-corrected chi connectivity index (χ4v) is 3.27. The molecule has 0 aliphatic rings. The van der Waals surface area contributed by atoms with Crippen molar-refractivity contribution in [2.24, 2.45) is 0 Å². The minimum Gasteiger partial charge on any atom is -0.495 e. The number of benzene rings is 1. The van der Waals surface area contributed by atoms with Gasteiger partial charge >= 0.3 is 0 Å². The van der Waals surface area contributed by atoms with Crippen molar-refractivity contribution in [3.05, 3.63) is 23.2 Å². The lowest BCUT2D eigenvalue weighted by Gasteiger charge is -2.16. The number of carbonyl (C=O) groups is 1. The largest absolute Gasteiger partial charge is 0.495 e. The fourth-order valence-electron chi connectivity index (χ4n) is 1.64. The summed E-state index contributed by atoms with van der Waals surface area (Å²) in [5, 5.41) is 2.80. The van der Waals surface area contributed by atoms with Crippen molar-refractivity contribution < 1.29 is 22.7 Å². The Balaban J connectivity index is 2.87. The molecule has 1 amide bonds. The third kappa shape index (κ3) is 5.13. The Bertz CT molecular complexity index is 621. The number of methoxy groups -OCH3 is 2. The van der Waals surface area contributed by atoms with Gasteiger partial charge in [-0.1, -0.05) is 11.6 Å². The second-order valence-corrected chi connectivity index (χ2v) is 6.54. The van der Waals surface area contributed by atoms with Crippen molar-refractivity contribution in [2.45, 2.75) is 17.9 Å². The molecular formula is C13H19ClN2O5S. The molecule has 0 saturated carbocycles. The summed E-state index contributed by atoms with van der Waals surface area (Å²) in [7, 11) is -1.10.